The Balaban J connectivity index is 2.21. The van der Waals surface area contributed by atoms with Crippen molar-refractivity contribution in [2.24, 2.45) is 0 Å². The number of hydrogen-bond acceptors (Lipinski definition) is 3. The number of nitrogens with one attached hydrogen (secondary N) is 1. The normalized spacial score (nSPS) is 14.7. The second-order valence-corrected chi connectivity index (χ2v) is 9.07. The molecule has 0 heterocycles. The maximum absolute atomic E-state index is 13.6. The van der Waals surface area contributed by atoms with Gasteiger partial charge in [0.15, 0.2) is 11.1 Å². The summed E-state index contributed by atoms with van der Waals surface area (Å²) in [5.41, 5.74) is -4.55. The Morgan fingerprint density at radius 2 is 1.44 bits per heavy atom. The third-order valence-corrected chi connectivity index (χ3v) is 5.78. The van der Waals surface area contributed by atoms with Crippen molar-refractivity contribution in [3.05, 3.63) is 65.2 Å². The first kappa shape index (κ1) is 27.8. The molecule has 2 N–H and O–H groups in total. The molecule has 0 saturated carbocycles. The summed E-state index contributed by atoms with van der Waals surface area (Å²) in [5, 5.41) is 1.79. The highest BCUT2D eigenvalue weighted by atomic mass is 32.2. The van der Waals surface area contributed by atoms with Crippen molar-refractivity contribution in [3.63, 3.8) is 0 Å². The third kappa shape index (κ3) is 6.16. The maximum atomic E-state index is 13.6. The Hall–Kier alpha value is -2.44. The van der Waals surface area contributed by atoms with Crippen LogP contribution in [0.25, 0.3) is 0 Å². The molecule has 0 saturated heterocycles. The summed E-state index contributed by atoms with van der Waals surface area (Å²) in [6.45, 7) is 3.69. The lowest BCUT2D eigenvalue weighted by Gasteiger charge is -2.38. The van der Waals surface area contributed by atoms with E-state index in [-0.39, 0.29) is 12.1 Å². The van der Waals surface area contributed by atoms with Gasteiger partial charge in [0.25, 0.3) is 5.60 Å². The minimum Gasteiger partial charge on any atom is -0.351 e. The number of ether oxygens (including phenoxy) is 1. The fraction of sp³-hybridized carbons (Fsp3) is 0.409. The summed E-state index contributed by atoms with van der Waals surface area (Å²) in [7, 11) is 0. The Morgan fingerprint density at radius 1 is 0.941 bits per heavy atom. The number of benzene rings is 2. The monoisotopic (exact) mass is 511 g/mol. The molecular weight excluding hydrogens is 488 g/mol. The van der Waals surface area contributed by atoms with Crippen molar-refractivity contribution < 1.29 is 44.6 Å². The number of carbonyl (C=O) groups excluding carboxylic acids is 1. The molecule has 0 aromatic heterocycles. The van der Waals surface area contributed by atoms with Crippen LogP contribution in [0.4, 0.5) is 32.0 Å². The topological polar surface area (TPSA) is 75.6 Å². The fourth-order valence-corrected chi connectivity index (χ4v) is 3.63. The van der Waals surface area contributed by atoms with Crippen LogP contribution in [0.3, 0.4) is 0 Å². The van der Waals surface area contributed by atoms with E-state index in [1.165, 1.54) is 0 Å². The zero-order chi connectivity index (χ0) is 25.9. The van der Waals surface area contributed by atoms with Crippen molar-refractivity contribution in [3.8, 4) is 0 Å². The average molecular weight is 511 g/mol. The van der Waals surface area contributed by atoms with Crippen LogP contribution in [0, 0.1) is 0 Å². The average Bonchev–Trinajstić information content (AvgIpc) is 2.70. The van der Waals surface area contributed by atoms with E-state index in [1.807, 2.05) is 0 Å². The molecule has 0 spiro atoms. The van der Waals surface area contributed by atoms with E-state index in [0.29, 0.717) is 23.3 Å². The van der Waals surface area contributed by atoms with Gasteiger partial charge in [0.2, 0.25) is 5.91 Å². The largest absolute Gasteiger partial charge is 0.430 e. The van der Waals surface area contributed by atoms with Crippen LogP contribution in [0.15, 0.2) is 48.5 Å². The van der Waals surface area contributed by atoms with E-state index in [2.05, 4.69) is 10.1 Å². The van der Waals surface area contributed by atoms with Crippen LogP contribution in [-0.4, -0.2) is 33.1 Å². The SMILES string of the molecule is CC(C)OC(c1ccc(NC(=O)Cc2ccc(C(C)S(=O)O)cc2)cc1)(C(F)(F)F)C(F)(F)F. The number of alkyl halides is 6. The van der Waals surface area contributed by atoms with Crippen molar-refractivity contribution in [1.82, 2.24) is 0 Å². The van der Waals surface area contributed by atoms with Gasteiger partial charge in [-0.3, -0.25) is 4.79 Å². The van der Waals surface area contributed by atoms with Gasteiger partial charge in [0.05, 0.1) is 17.8 Å². The van der Waals surface area contributed by atoms with Crippen LogP contribution < -0.4 is 5.32 Å². The number of amides is 1. The molecule has 2 unspecified atom stereocenters. The van der Waals surface area contributed by atoms with Gasteiger partial charge in [-0.1, -0.05) is 36.4 Å². The molecule has 1 amide bonds. The lowest BCUT2D eigenvalue weighted by atomic mass is 9.91. The highest BCUT2D eigenvalue weighted by Gasteiger charge is 2.73. The van der Waals surface area contributed by atoms with Gasteiger partial charge < -0.3 is 14.6 Å². The molecule has 2 atom stereocenters. The first-order valence-electron chi connectivity index (χ1n) is 9.98. The van der Waals surface area contributed by atoms with E-state index < -0.39 is 51.9 Å². The number of anilines is 1. The summed E-state index contributed by atoms with van der Waals surface area (Å²) in [5.74, 6) is -0.560. The smallest absolute Gasteiger partial charge is 0.351 e. The summed E-state index contributed by atoms with van der Waals surface area (Å²) >= 11 is -2.06. The van der Waals surface area contributed by atoms with Gasteiger partial charge in [-0.15, -0.1) is 0 Å². The lowest BCUT2D eigenvalue weighted by molar-refractivity contribution is -0.396. The maximum Gasteiger partial charge on any atom is 0.430 e. The molecule has 12 heteroatoms. The summed E-state index contributed by atoms with van der Waals surface area (Å²) in [6.07, 6.45) is -13.1. The van der Waals surface area contributed by atoms with E-state index in [9.17, 15) is 35.3 Å². The molecular formula is C22H23F6NO4S. The number of rotatable bonds is 8. The quantitative estimate of drug-likeness (QED) is 0.342. The van der Waals surface area contributed by atoms with Gasteiger partial charge in [0.1, 0.15) is 0 Å². The molecule has 0 aliphatic carbocycles. The molecule has 188 valence electrons. The van der Waals surface area contributed by atoms with E-state index in [1.54, 1.807) is 31.2 Å². The van der Waals surface area contributed by atoms with Gasteiger partial charge in [-0.05, 0) is 44.0 Å². The van der Waals surface area contributed by atoms with Crippen LogP contribution >= 0.6 is 0 Å². The Labute approximate surface area is 194 Å². The van der Waals surface area contributed by atoms with Gasteiger partial charge in [-0.25, -0.2) is 4.21 Å². The molecule has 34 heavy (non-hydrogen) atoms. The van der Waals surface area contributed by atoms with E-state index in [4.69, 9.17) is 4.55 Å². The van der Waals surface area contributed by atoms with Crippen molar-refractivity contribution in [2.45, 2.75) is 56.5 Å². The predicted molar refractivity (Wildman–Crippen MR) is 114 cm³/mol. The molecule has 0 bridgehead atoms. The summed E-state index contributed by atoms with van der Waals surface area (Å²) in [6, 6.07) is 9.41. The van der Waals surface area contributed by atoms with Gasteiger partial charge in [0, 0.05) is 11.3 Å². The lowest BCUT2D eigenvalue weighted by Crippen LogP contribution is -2.57. The number of hydrogen-bond donors (Lipinski definition) is 2. The first-order chi connectivity index (χ1) is 15.6. The van der Waals surface area contributed by atoms with Gasteiger partial charge >= 0.3 is 12.4 Å². The van der Waals surface area contributed by atoms with Crippen LogP contribution in [0.1, 0.15) is 42.7 Å². The Morgan fingerprint density at radius 3 is 1.85 bits per heavy atom. The first-order valence-corrected chi connectivity index (χ1v) is 11.2. The molecule has 2 rings (SSSR count). The van der Waals surface area contributed by atoms with Crippen LogP contribution in [0.5, 0.6) is 0 Å². The van der Waals surface area contributed by atoms with Crippen LogP contribution in [0.2, 0.25) is 0 Å². The molecule has 2 aromatic rings. The minimum atomic E-state index is -5.79. The van der Waals surface area contributed by atoms with Crippen LogP contribution in [-0.2, 0) is 32.6 Å². The predicted octanol–water partition coefficient (Wildman–Crippen LogP) is 5.90. The van der Waals surface area contributed by atoms with E-state index >= 15 is 0 Å². The van der Waals surface area contributed by atoms with Crippen molar-refractivity contribution in [1.29, 1.82) is 0 Å². The molecule has 0 aliphatic heterocycles. The number of halogens is 6. The third-order valence-electron chi connectivity index (χ3n) is 4.90. The van der Waals surface area contributed by atoms with Crippen molar-refractivity contribution in [2.75, 3.05) is 5.32 Å². The Bertz CT molecular complexity index is 990. The second kappa shape index (κ2) is 10.4. The minimum absolute atomic E-state index is 0.00235. The molecule has 0 aliphatic rings. The summed E-state index contributed by atoms with van der Waals surface area (Å²) in [4.78, 5) is 12.3. The van der Waals surface area contributed by atoms with Gasteiger partial charge in [-0.2, -0.15) is 26.3 Å². The molecule has 5 nitrogen and oxygen atoms in total. The summed E-state index contributed by atoms with van der Waals surface area (Å²) < 4.78 is 107. The zero-order valence-corrected chi connectivity index (χ0v) is 19.1. The fourth-order valence-electron chi connectivity index (χ4n) is 3.25. The molecule has 2 aromatic carbocycles. The zero-order valence-electron chi connectivity index (χ0n) is 18.3. The van der Waals surface area contributed by atoms with E-state index in [0.717, 1.165) is 26.0 Å². The second-order valence-electron chi connectivity index (χ2n) is 7.81. The molecule has 0 fully saturated rings. The highest BCUT2D eigenvalue weighted by Crippen LogP contribution is 2.53. The highest BCUT2D eigenvalue weighted by molar-refractivity contribution is 7.79. The molecule has 0 radical (unpaired) electrons. The Kier molecular flexibility index (Phi) is 8.54. The standard InChI is InChI=1S/C22H23F6NO4S/c1-13(2)33-20(21(23,24)25,22(26,27)28)17-8-10-18(11-9-17)29-19(30)12-15-4-6-16(7-5-15)14(3)34(31)32/h4-11,13-14H,12H2,1-3H3,(H,29,30)(H,31,32). The van der Waals surface area contributed by atoms with Crippen molar-refractivity contribution >= 4 is 22.7 Å². The number of carbonyl (C=O) groups is 1.